The highest BCUT2D eigenvalue weighted by atomic mass is 15.0. The van der Waals surface area contributed by atoms with E-state index in [1.807, 2.05) is 25.1 Å². The number of anilines is 1. The lowest BCUT2D eigenvalue weighted by molar-refractivity contribution is 0.302. The summed E-state index contributed by atoms with van der Waals surface area (Å²) >= 11 is 0. The second kappa shape index (κ2) is 5.02. The molecule has 18 heavy (non-hydrogen) atoms. The minimum atomic E-state index is -0.0318. The van der Waals surface area contributed by atoms with Gasteiger partial charge in [-0.1, -0.05) is 32.9 Å². The van der Waals surface area contributed by atoms with Crippen molar-refractivity contribution in [2.24, 2.45) is 5.41 Å². The van der Waals surface area contributed by atoms with Crippen molar-refractivity contribution in [1.82, 2.24) is 0 Å². The van der Waals surface area contributed by atoms with Crippen LogP contribution in [0.2, 0.25) is 0 Å². The fourth-order valence-electron chi connectivity index (χ4n) is 2.64. The van der Waals surface area contributed by atoms with Gasteiger partial charge >= 0.3 is 0 Å². The third-order valence-electron chi connectivity index (χ3n) is 2.83. The molecule has 0 fully saturated rings. The second-order valence-corrected chi connectivity index (χ2v) is 6.86. The Bertz CT molecular complexity index is 459. The zero-order valence-corrected chi connectivity index (χ0v) is 12.4. The zero-order chi connectivity index (χ0) is 14.0. The molecule has 0 aromatic heterocycles. The Labute approximate surface area is 111 Å². The third kappa shape index (κ3) is 4.07. The van der Waals surface area contributed by atoms with Crippen molar-refractivity contribution in [1.29, 1.82) is 5.26 Å². The van der Waals surface area contributed by atoms with E-state index < -0.39 is 0 Å². The number of aryl methyl sites for hydroxylation is 1. The lowest BCUT2D eigenvalue weighted by Gasteiger charge is -2.35. The van der Waals surface area contributed by atoms with Crippen molar-refractivity contribution in [3.05, 3.63) is 29.3 Å². The zero-order valence-electron chi connectivity index (χ0n) is 12.4. The van der Waals surface area contributed by atoms with Crippen LogP contribution >= 0.6 is 0 Å². The highest BCUT2D eigenvalue weighted by molar-refractivity contribution is 5.63. The highest BCUT2D eigenvalue weighted by Gasteiger charge is 2.26. The molecule has 1 rings (SSSR count). The van der Waals surface area contributed by atoms with E-state index in [2.05, 4.69) is 46.0 Å². The first-order valence-electron chi connectivity index (χ1n) is 6.42. The molecule has 98 valence electrons. The van der Waals surface area contributed by atoms with Crippen LogP contribution in [0.1, 0.15) is 52.2 Å². The smallest absolute Gasteiger partial charge is 0.101 e. The normalized spacial score (nSPS) is 12.1. The minimum Gasteiger partial charge on any atom is -0.379 e. The molecule has 1 aromatic carbocycles. The van der Waals surface area contributed by atoms with Gasteiger partial charge in [-0.3, -0.25) is 0 Å². The summed E-state index contributed by atoms with van der Waals surface area (Å²) in [5.41, 5.74) is 3.03. The Morgan fingerprint density at radius 2 is 1.78 bits per heavy atom. The van der Waals surface area contributed by atoms with Gasteiger partial charge in [0.2, 0.25) is 0 Å². The van der Waals surface area contributed by atoms with Crippen LogP contribution in [-0.2, 0) is 0 Å². The second-order valence-electron chi connectivity index (χ2n) is 6.86. The Morgan fingerprint density at radius 1 is 1.17 bits per heavy atom. The van der Waals surface area contributed by atoms with E-state index >= 15 is 0 Å². The van der Waals surface area contributed by atoms with Gasteiger partial charge in [0.15, 0.2) is 0 Å². The molecule has 0 bridgehead atoms. The Morgan fingerprint density at radius 3 is 2.28 bits per heavy atom. The average molecular weight is 244 g/mol. The first-order chi connectivity index (χ1) is 8.14. The van der Waals surface area contributed by atoms with Crippen LogP contribution in [0.3, 0.4) is 0 Å². The summed E-state index contributed by atoms with van der Waals surface area (Å²) < 4.78 is 0. The van der Waals surface area contributed by atoms with Crippen LogP contribution in [0.15, 0.2) is 18.2 Å². The van der Waals surface area contributed by atoms with Gasteiger partial charge in [0.05, 0.1) is 11.3 Å². The third-order valence-corrected chi connectivity index (χ3v) is 2.83. The maximum Gasteiger partial charge on any atom is 0.101 e. The minimum absolute atomic E-state index is 0.0318. The number of nitrogens with one attached hydrogen (secondary N) is 1. The fraction of sp³-hybridized carbons (Fsp3) is 0.562. The quantitative estimate of drug-likeness (QED) is 0.850. The van der Waals surface area contributed by atoms with Gasteiger partial charge in [-0.25, -0.2) is 0 Å². The molecule has 0 unspecified atom stereocenters. The molecule has 0 spiro atoms. The molecular weight excluding hydrogens is 220 g/mol. The van der Waals surface area contributed by atoms with Crippen molar-refractivity contribution >= 4 is 5.69 Å². The monoisotopic (exact) mass is 244 g/mol. The Balaban J connectivity index is 3.01. The van der Waals surface area contributed by atoms with Crippen LogP contribution in [0.4, 0.5) is 5.69 Å². The maximum absolute atomic E-state index is 9.18. The van der Waals surface area contributed by atoms with E-state index in [0.717, 1.165) is 23.2 Å². The molecule has 2 nitrogen and oxygen atoms in total. The van der Waals surface area contributed by atoms with E-state index in [0.29, 0.717) is 0 Å². The van der Waals surface area contributed by atoms with Gasteiger partial charge in [0, 0.05) is 5.54 Å². The van der Waals surface area contributed by atoms with Crippen LogP contribution in [0.5, 0.6) is 0 Å². The molecule has 0 aliphatic carbocycles. The summed E-state index contributed by atoms with van der Waals surface area (Å²) in [7, 11) is 0. The van der Waals surface area contributed by atoms with Gasteiger partial charge in [0.1, 0.15) is 6.07 Å². The van der Waals surface area contributed by atoms with Crippen LogP contribution in [0.25, 0.3) is 0 Å². The number of rotatable bonds is 3. The van der Waals surface area contributed by atoms with Gasteiger partial charge in [-0.2, -0.15) is 5.26 Å². The molecule has 0 aliphatic heterocycles. The first kappa shape index (κ1) is 14.6. The van der Waals surface area contributed by atoms with Crippen molar-refractivity contribution in [3.63, 3.8) is 0 Å². The standard InChI is InChI=1S/C16H24N2/c1-12-8-7-9-13(10-17)14(12)18-16(5,6)11-15(2,3)4/h7-9,18H,11H2,1-6H3. The lowest BCUT2D eigenvalue weighted by Crippen LogP contribution is -2.36. The summed E-state index contributed by atoms with van der Waals surface area (Å²) in [4.78, 5) is 0. The van der Waals surface area contributed by atoms with E-state index in [1.165, 1.54) is 0 Å². The molecule has 0 atom stereocenters. The molecule has 0 saturated heterocycles. The first-order valence-corrected chi connectivity index (χ1v) is 6.42. The molecule has 0 saturated carbocycles. The number of nitrogens with zero attached hydrogens (tertiary/aromatic N) is 1. The largest absolute Gasteiger partial charge is 0.379 e. The number of hydrogen-bond donors (Lipinski definition) is 1. The molecule has 0 heterocycles. The maximum atomic E-state index is 9.18. The molecule has 1 N–H and O–H groups in total. The predicted molar refractivity (Wildman–Crippen MR) is 77.7 cm³/mol. The Kier molecular flexibility index (Phi) is 4.06. The number of para-hydroxylation sites is 1. The number of hydrogen-bond acceptors (Lipinski definition) is 2. The van der Waals surface area contributed by atoms with Crippen LogP contribution < -0.4 is 5.32 Å². The number of benzene rings is 1. The van der Waals surface area contributed by atoms with E-state index in [1.54, 1.807) is 0 Å². The van der Waals surface area contributed by atoms with Gasteiger partial charge in [0.25, 0.3) is 0 Å². The molecular formula is C16H24N2. The van der Waals surface area contributed by atoms with Gasteiger partial charge in [-0.05, 0) is 44.2 Å². The summed E-state index contributed by atoms with van der Waals surface area (Å²) in [5, 5.41) is 12.7. The molecule has 2 heteroatoms. The summed E-state index contributed by atoms with van der Waals surface area (Å²) in [6.45, 7) is 13.1. The predicted octanol–water partition coefficient (Wildman–Crippen LogP) is 4.49. The van der Waals surface area contributed by atoms with E-state index in [9.17, 15) is 5.26 Å². The van der Waals surface area contributed by atoms with Crippen molar-refractivity contribution in [2.45, 2.75) is 53.5 Å². The highest BCUT2D eigenvalue weighted by Crippen LogP contribution is 2.31. The SMILES string of the molecule is Cc1cccc(C#N)c1NC(C)(C)CC(C)(C)C. The fourth-order valence-corrected chi connectivity index (χ4v) is 2.64. The topological polar surface area (TPSA) is 35.8 Å². The van der Waals surface area contributed by atoms with Crippen molar-refractivity contribution in [3.8, 4) is 6.07 Å². The van der Waals surface area contributed by atoms with Crippen molar-refractivity contribution in [2.75, 3.05) is 5.32 Å². The number of nitriles is 1. The summed E-state index contributed by atoms with van der Waals surface area (Å²) in [6, 6.07) is 8.09. The molecule has 0 radical (unpaired) electrons. The van der Waals surface area contributed by atoms with Gasteiger partial charge < -0.3 is 5.32 Å². The average Bonchev–Trinajstić information content (AvgIpc) is 2.17. The summed E-state index contributed by atoms with van der Waals surface area (Å²) in [6.07, 6.45) is 1.04. The van der Waals surface area contributed by atoms with E-state index in [4.69, 9.17) is 0 Å². The molecule has 1 aromatic rings. The van der Waals surface area contributed by atoms with Crippen LogP contribution in [0, 0.1) is 23.7 Å². The van der Waals surface area contributed by atoms with Gasteiger partial charge in [-0.15, -0.1) is 0 Å². The summed E-state index contributed by atoms with van der Waals surface area (Å²) in [5.74, 6) is 0. The van der Waals surface area contributed by atoms with Crippen molar-refractivity contribution < 1.29 is 0 Å². The molecule has 0 amide bonds. The van der Waals surface area contributed by atoms with Crippen LogP contribution in [-0.4, -0.2) is 5.54 Å². The Hall–Kier alpha value is -1.49. The molecule has 0 aliphatic rings. The van der Waals surface area contributed by atoms with E-state index in [-0.39, 0.29) is 11.0 Å². The lowest BCUT2D eigenvalue weighted by atomic mass is 9.81.